The van der Waals surface area contributed by atoms with Crippen molar-refractivity contribution in [3.05, 3.63) is 27.2 Å². The van der Waals surface area contributed by atoms with Gasteiger partial charge in [-0.25, -0.2) is 8.42 Å². The summed E-state index contributed by atoms with van der Waals surface area (Å²) in [6.07, 6.45) is 7.06. The summed E-state index contributed by atoms with van der Waals surface area (Å²) in [6.45, 7) is 0. The number of nitrogens with one attached hydrogen (secondary N) is 1. The van der Waals surface area contributed by atoms with Gasteiger partial charge >= 0.3 is 0 Å². The van der Waals surface area contributed by atoms with Crippen molar-refractivity contribution in [3.8, 4) is 0 Å². The first kappa shape index (κ1) is 23.9. The molecule has 0 saturated heterocycles. The van der Waals surface area contributed by atoms with Crippen molar-refractivity contribution in [2.24, 2.45) is 28.4 Å². The fraction of sp³-hybridized carbons (Fsp3) is 0.652. The Labute approximate surface area is 208 Å². The van der Waals surface area contributed by atoms with Gasteiger partial charge in [-0.1, -0.05) is 34.8 Å². The lowest BCUT2D eigenvalue weighted by atomic mass is 9.43. The van der Waals surface area contributed by atoms with E-state index in [0.29, 0.717) is 31.1 Å². The van der Waals surface area contributed by atoms with Gasteiger partial charge in [0.1, 0.15) is 4.90 Å². The Morgan fingerprint density at radius 3 is 2.24 bits per heavy atom. The lowest BCUT2D eigenvalue weighted by Crippen LogP contribution is -2.62. The summed E-state index contributed by atoms with van der Waals surface area (Å²) in [4.78, 5) is 25.9. The second-order valence-corrected chi connectivity index (χ2v) is 13.8. The van der Waals surface area contributed by atoms with Crippen LogP contribution in [-0.2, 0) is 19.6 Å². The summed E-state index contributed by atoms with van der Waals surface area (Å²) in [7, 11) is -4.14. The molecule has 0 aromatic heterocycles. The van der Waals surface area contributed by atoms with E-state index in [0.717, 1.165) is 38.5 Å². The Kier molecular flexibility index (Phi) is 5.66. The molecule has 5 fully saturated rings. The number of halogens is 3. The van der Waals surface area contributed by atoms with Crippen LogP contribution >= 0.6 is 34.8 Å². The molecule has 4 bridgehead atoms. The molecule has 1 aromatic carbocycles. The van der Waals surface area contributed by atoms with E-state index in [4.69, 9.17) is 40.5 Å². The predicted molar refractivity (Wildman–Crippen MR) is 127 cm³/mol. The Balaban J connectivity index is 1.41. The van der Waals surface area contributed by atoms with E-state index < -0.39 is 21.0 Å². The van der Waals surface area contributed by atoms with E-state index in [1.165, 1.54) is 12.1 Å². The Morgan fingerprint density at radius 1 is 1.06 bits per heavy atom. The SMILES string of the molecule is NC(=O)C12CC3CC(CC(CC(=O)C4(NS(=O)(=O)c5cc(Cl)cc(Cl)c5Cl)CCC4)(C3)C1)C2. The molecule has 0 spiro atoms. The second kappa shape index (κ2) is 7.82. The molecule has 2 atom stereocenters. The molecule has 6 nitrogen and oxygen atoms in total. The van der Waals surface area contributed by atoms with Gasteiger partial charge in [0.05, 0.1) is 21.0 Å². The summed E-state index contributed by atoms with van der Waals surface area (Å²) in [6, 6.07) is 2.61. The molecular weight excluding hydrogens is 507 g/mol. The largest absolute Gasteiger partial charge is 0.369 e. The zero-order valence-electron chi connectivity index (χ0n) is 18.1. The predicted octanol–water partition coefficient (Wildman–Crippen LogP) is 4.88. The molecule has 3 N–H and O–H groups in total. The van der Waals surface area contributed by atoms with E-state index in [-0.39, 0.29) is 43.5 Å². The number of rotatable bonds is 7. The Bertz CT molecular complexity index is 1130. The van der Waals surface area contributed by atoms with Crippen LogP contribution in [0.5, 0.6) is 0 Å². The lowest BCUT2D eigenvalue weighted by molar-refractivity contribution is -0.159. The monoisotopic (exact) mass is 532 g/mol. The van der Waals surface area contributed by atoms with Crippen LogP contribution in [0.15, 0.2) is 17.0 Å². The van der Waals surface area contributed by atoms with E-state index in [1.54, 1.807) is 0 Å². The average Bonchev–Trinajstić information content (AvgIpc) is 2.65. The van der Waals surface area contributed by atoms with Gasteiger partial charge in [0.15, 0.2) is 5.78 Å². The quantitative estimate of drug-likeness (QED) is 0.487. The van der Waals surface area contributed by atoms with Crippen LogP contribution in [0, 0.1) is 22.7 Å². The van der Waals surface area contributed by atoms with Crippen LogP contribution in [0.25, 0.3) is 0 Å². The molecule has 2 unspecified atom stereocenters. The van der Waals surface area contributed by atoms with Crippen LogP contribution in [0.4, 0.5) is 0 Å². The number of primary amides is 1. The summed E-state index contributed by atoms with van der Waals surface area (Å²) in [5.41, 5.74) is 3.89. The standard InChI is InChI=1S/C23H27Cl3N2O4S/c24-15-5-16(25)19(26)17(6-15)33(31,32)28-23(2-1-3-23)18(29)11-21-7-13-4-14(8-21)10-22(9-13,12-21)20(27)30/h5-6,13-14,28H,1-4,7-12H2,(H2,27,30). The van der Waals surface area contributed by atoms with Crippen LogP contribution < -0.4 is 10.5 Å². The Hall–Kier alpha value is -0.860. The minimum Gasteiger partial charge on any atom is -0.369 e. The van der Waals surface area contributed by atoms with Gasteiger partial charge in [-0.3, -0.25) is 9.59 Å². The van der Waals surface area contributed by atoms with Crippen molar-refractivity contribution < 1.29 is 18.0 Å². The van der Waals surface area contributed by atoms with Crippen molar-refractivity contribution in [1.29, 1.82) is 0 Å². The molecular formula is C23H27Cl3N2O4S. The van der Waals surface area contributed by atoms with Gasteiger partial charge in [-0.15, -0.1) is 0 Å². The first-order valence-corrected chi connectivity index (χ1v) is 14.0. The molecule has 6 rings (SSSR count). The number of nitrogens with two attached hydrogens (primary N) is 1. The highest BCUT2D eigenvalue weighted by atomic mass is 35.5. The highest BCUT2D eigenvalue weighted by Crippen LogP contribution is 2.66. The third kappa shape index (κ3) is 3.92. The fourth-order valence-electron chi connectivity index (χ4n) is 7.47. The maximum atomic E-state index is 13.7. The lowest BCUT2D eigenvalue weighted by Gasteiger charge is -2.61. The van der Waals surface area contributed by atoms with Gasteiger partial charge in [-0.2, -0.15) is 4.72 Å². The van der Waals surface area contributed by atoms with E-state index in [9.17, 15) is 18.0 Å². The molecule has 5 aliphatic carbocycles. The first-order valence-electron chi connectivity index (χ1n) is 11.4. The van der Waals surface area contributed by atoms with Crippen LogP contribution in [-0.4, -0.2) is 25.6 Å². The summed E-state index contributed by atoms with van der Waals surface area (Å²) >= 11 is 18.2. The number of amides is 1. The van der Waals surface area contributed by atoms with Crippen molar-refractivity contribution in [2.75, 3.05) is 0 Å². The number of ketones is 1. The number of Topliss-reactive ketones (excluding diaryl/α,β-unsaturated/α-hetero) is 1. The van der Waals surface area contributed by atoms with Crippen molar-refractivity contribution >= 4 is 56.5 Å². The number of carbonyl (C=O) groups excluding carboxylic acids is 2. The topological polar surface area (TPSA) is 106 Å². The van der Waals surface area contributed by atoms with Gasteiger partial charge in [-0.05, 0) is 87.2 Å². The molecule has 1 aromatic rings. The molecule has 180 valence electrons. The highest BCUT2D eigenvalue weighted by molar-refractivity contribution is 7.89. The third-order valence-electron chi connectivity index (χ3n) is 8.56. The number of benzene rings is 1. The molecule has 0 heterocycles. The van der Waals surface area contributed by atoms with Crippen molar-refractivity contribution in [1.82, 2.24) is 4.72 Å². The minimum absolute atomic E-state index is 0.0313. The second-order valence-electron chi connectivity index (χ2n) is 10.9. The summed E-state index contributed by atoms with van der Waals surface area (Å²) < 4.78 is 29.2. The number of carbonyl (C=O) groups is 2. The van der Waals surface area contributed by atoms with E-state index in [2.05, 4.69) is 4.72 Å². The normalized spacial score (nSPS) is 34.2. The van der Waals surface area contributed by atoms with Crippen molar-refractivity contribution in [2.45, 2.75) is 74.6 Å². The van der Waals surface area contributed by atoms with Crippen LogP contribution in [0.3, 0.4) is 0 Å². The molecule has 1 amide bonds. The van der Waals surface area contributed by atoms with Gasteiger partial charge in [0, 0.05) is 11.4 Å². The van der Waals surface area contributed by atoms with Gasteiger partial charge in [0.2, 0.25) is 15.9 Å². The molecule has 5 saturated carbocycles. The molecule has 5 aliphatic rings. The molecule has 33 heavy (non-hydrogen) atoms. The van der Waals surface area contributed by atoms with Gasteiger partial charge in [0.25, 0.3) is 0 Å². The summed E-state index contributed by atoms with van der Waals surface area (Å²) in [5.74, 6) is 0.462. The smallest absolute Gasteiger partial charge is 0.243 e. The number of hydrogen-bond donors (Lipinski definition) is 2. The molecule has 0 aliphatic heterocycles. The first-order chi connectivity index (χ1) is 15.4. The zero-order chi connectivity index (χ0) is 23.8. The Morgan fingerprint density at radius 2 is 1.70 bits per heavy atom. The zero-order valence-corrected chi connectivity index (χ0v) is 21.2. The van der Waals surface area contributed by atoms with Gasteiger partial charge < -0.3 is 5.73 Å². The van der Waals surface area contributed by atoms with Crippen LogP contribution in [0.2, 0.25) is 15.1 Å². The van der Waals surface area contributed by atoms with Crippen molar-refractivity contribution in [3.63, 3.8) is 0 Å². The number of sulfonamides is 1. The molecule has 0 radical (unpaired) electrons. The molecule has 10 heteroatoms. The number of hydrogen-bond acceptors (Lipinski definition) is 4. The van der Waals surface area contributed by atoms with E-state index >= 15 is 0 Å². The minimum atomic E-state index is -4.14. The maximum Gasteiger partial charge on any atom is 0.243 e. The third-order valence-corrected chi connectivity index (χ3v) is 11.3. The summed E-state index contributed by atoms with van der Waals surface area (Å²) in [5, 5.41) is 0.0490. The van der Waals surface area contributed by atoms with E-state index in [1.807, 2.05) is 0 Å². The maximum absolute atomic E-state index is 13.7. The fourth-order valence-corrected chi connectivity index (χ4v) is 10.1. The van der Waals surface area contributed by atoms with Crippen LogP contribution in [0.1, 0.15) is 64.2 Å². The average molecular weight is 534 g/mol. The highest BCUT2D eigenvalue weighted by Gasteiger charge is 2.61.